The third-order valence-corrected chi connectivity index (χ3v) is 7.92. The third-order valence-electron chi connectivity index (χ3n) is 7.65. The highest BCUT2D eigenvalue weighted by atomic mass is 35.5. The van der Waals surface area contributed by atoms with Gasteiger partial charge in [0.2, 0.25) is 0 Å². The maximum absolute atomic E-state index is 6.51. The summed E-state index contributed by atoms with van der Waals surface area (Å²) in [6, 6.07) is 43.0. The number of hydrogen-bond donors (Lipinski definition) is 0. The highest BCUT2D eigenvalue weighted by Crippen LogP contribution is 2.38. The summed E-state index contributed by atoms with van der Waals surface area (Å²) in [5.41, 5.74) is 5.39. The molecule has 3 heteroatoms. The quantitative estimate of drug-likeness (QED) is 0.202. The Morgan fingerprint density at radius 3 is 1.70 bits per heavy atom. The van der Waals surface area contributed by atoms with Crippen molar-refractivity contribution < 1.29 is 0 Å². The molecular formula is C37H27ClN2. The van der Waals surface area contributed by atoms with Crippen LogP contribution in [0.25, 0.3) is 49.1 Å². The Bertz CT molecular complexity index is 1970. The van der Waals surface area contributed by atoms with Gasteiger partial charge in [-0.3, -0.25) is 0 Å². The molecule has 40 heavy (non-hydrogen) atoms. The second-order valence-corrected chi connectivity index (χ2v) is 10.6. The number of hydrogen-bond acceptors (Lipinski definition) is 2. The Hall–Kier alpha value is -4.53. The average molecular weight is 535 g/mol. The summed E-state index contributed by atoms with van der Waals surface area (Å²) in [5.74, 6) is 0.647. The number of amidine groups is 1. The number of benzene rings is 6. The van der Waals surface area contributed by atoms with Gasteiger partial charge >= 0.3 is 0 Å². The molecule has 1 aliphatic heterocycles. The largest absolute Gasteiger partial charge is 0.228 e. The maximum Gasteiger partial charge on any atom is 0.161 e. The highest BCUT2D eigenvalue weighted by Gasteiger charge is 2.14. The zero-order valence-corrected chi connectivity index (χ0v) is 22.8. The van der Waals surface area contributed by atoms with Crippen LogP contribution in [-0.2, 0) is 0 Å². The van der Waals surface area contributed by atoms with E-state index in [-0.39, 0.29) is 0 Å². The number of rotatable bonds is 3. The van der Waals surface area contributed by atoms with Gasteiger partial charge in [0.25, 0.3) is 0 Å². The molecule has 0 saturated heterocycles. The van der Waals surface area contributed by atoms with Crippen molar-refractivity contribution in [2.24, 2.45) is 9.98 Å². The van der Waals surface area contributed by atoms with E-state index in [9.17, 15) is 0 Å². The number of fused-ring (bicyclic) bond motifs is 6. The van der Waals surface area contributed by atoms with Crippen LogP contribution in [-0.4, -0.2) is 11.0 Å². The van der Waals surface area contributed by atoms with Gasteiger partial charge in [0.15, 0.2) is 5.84 Å². The molecule has 0 saturated carbocycles. The summed E-state index contributed by atoms with van der Waals surface area (Å²) in [5, 5.41) is 8.10. The fraction of sp³-hybridized carbons (Fsp3) is 0.0811. The molecule has 1 aliphatic rings. The van der Waals surface area contributed by atoms with Gasteiger partial charge in [0, 0.05) is 17.5 Å². The Morgan fingerprint density at radius 2 is 1.02 bits per heavy atom. The van der Waals surface area contributed by atoms with Crippen LogP contribution >= 0.6 is 11.6 Å². The first-order valence-electron chi connectivity index (χ1n) is 13.8. The van der Waals surface area contributed by atoms with Gasteiger partial charge in [-0.05, 0) is 68.4 Å². The SMILES string of the molecule is ClC1=NC(c2ccccc2)=N/C(c2ccc3c4ccccc4c4ccc(-c5ccccc5)cc4c3c2)=C/CCC1. The molecule has 0 aromatic heterocycles. The van der Waals surface area contributed by atoms with Crippen LogP contribution in [0.15, 0.2) is 137 Å². The van der Waals surface area contributed by atoms with Crippen LogP contribution in [0, 0.1) is 0 Å². The number of aliphatic imine (C=N–C) groups is 2. The fourth-order valence-corrected chi connectivity index (χ4v) is 5.88. The summed E-state index contributed by atoms with van der Waals surface area (Å²) in [4.78, 5) is 9.84. The Balaban J connectivity index is 1.48. The molecule has 0 bridgehead atoms. The van der Waals surface area contributed by atoms with Crippen molar-refractivity contribution in [2.45, 2.75) is 19.3 Å². The van der Waals surface area contributed by atoms with Crippen molar-refractivity contribution in [3.63, 3.8) is 0 Å². The highest BCUT2D eigenvalue weighted by molar-refractivity contribution is 6.66. The molecule has 0 radical (unpaired) electrons. The molecular weight excluding hydrogens is 508 g/mol. The first-order valence-corrected chi connectivity index (χ1v) is 14.1. The zero-order chi connectivity index (χ0) is 26.9. The molecule has 0 spiro atoms. The molecule has 0 amide bonds. The normalized spacial score (nSPS) is 15.6. The minimum absolute atomic E-state index is 0.599. The second kappa shape index (κ2) is 10.6. The summed E-state index contributed by atoms with van der Waals surface area (Å²) >= 11 is 6.51. The van der Waals surface area contributed by atoms with Crippen molar-refractivity contribution in [1.29, 1.82) is 0 Å². The minimum atomic E-state index is 0.599. The van der Waals surface area contributed by atoms with E-state index < -0.39 is 0 Å². The molecule has 6 aromatic rings. The van der Waals surface area contributed by atoms with Crippen LogP contribution in [0.5, 0.6) is 0 Å². The molecule has 192 valence electrons. The van der Waals surface area contributed by atoms with Gasteiger partial charge in [-0.15, -0.1) is 0 Å². The van der Waals surface area contributed by atoms with Crippen LogP contribution in [0.3, 0.4) is 0 Å². The van der Waals surface area contributed by atoms with Crippen molar-refractivity contribution in [3.05, 3.63) is 139 Å². The fourth-order valence-electron chi connectivity index (χ4n) is 5.67. The third kappa shape index (κ3) is 4.61. The molecule has 0 aliphatic carbocycles. The van der Waals surface area contributed by atoms with Crippen LogP contribution in [0.2, 0.25) is 0 Å². The summed E-state index contributed by atoms with van der Waals surface area (Å²) < 4.78 is 0. The van der Waals surface area contributed by atoms with Gasteiger partial charge in [-0.1, -0.05) is 127 Å². The average Bonchev–Trinajstić information content (AvgIpc) is 3.12. The number of halogens is 1. The standard InChI is InChI=1S/C37H27ClN2/c38-36-18-10-9-17-35(39-37(40-36)26-13-5-2-6-14-26)28-20-22-32-30-16-8-7-15-29(30)31-21-19-27(23-33(31)34(32)24-28)25-11-3-1-4-12-25/h1-8,11-17,19-24H,9-10,18H2/b35-17+,39-37?,40-36?. The summed E-state index contributed by atoms with van der Waals surface area (Å²) in [6.07, 6.45) is 4.80. The van der Waals surface area contributed by atoms with Crippen molar-refractivity contribution >= 4 is 60.6 Å². The molecule has 0 N–H and O–H groups in total. The molecule has 7 rings (SSSR count). The van der Waals surface area contributed by atoms with E-state index in [2.05, 4.69) is 97.1 Å². The van der Waals surface area contributed by atoms with Crippen molar-refractivity contribution in [1.82, 2.24) is 0 Å². The Morgan fingerprint density at radius 1 is 0.475 bits per heavy atom. The predicted octanol–water partition coefficient (Wildman–Crippen LogP) is 10.4. The van der Waals surface area contributed by atoms with Gasteiger partial charge in [-0.25, -0.2) is 9.98 Å². The maximum atomic E-state index is 6.51. The molecule has 0 fully saturated rings. The first-order chi connectivity index (χ1) is 19.7. The lowest BCUT2D eigenvalue weighted by Gasteiger charge is -2.14. The smallest absolute Gasteiger partial charge is 0.161 e. The molecule has 0 atom stereocenters. The molecule has 2 nitrogen and oxygen atoms in total. The van der Waals surface area contributed by atoms with E-state index in [1.165, 1.54) is 43.4 Å². The molecule has 1 heterocycles. The summed E-state index contributed by atoms with van der Waals surface area (Å²) in [7, 11) is 0. The first kappa shape index (κ1) is 24.5. The van der Waals surface area contributed by atoms with Crippen molar-refractivity contribution in [3.8, 4) is 11.1 Å². The second-order valence-electron chi connectivity index (χ2n) is 10.2. The lowest BCUT2D eigenvalue weighted by molar-refractivity contribution is 0.902. The van der Waals surface area contributed by atoms with Crippen LogP contribution < -0.4 is 0 Å². The van der Waals surface area contributed by atoms with E-state index in [1.807, 2.05) is 30.3 Å². The van der Waals surface area contributed by atoms with E-state index >= 15 is 0 Å². The molecule has 0 unspecified atom stereocenters. The van der Waals surface area contributed by atoms with E-state index in [0.29, 0.717) is 11.0 Å². The minimum Gasteiger partial charge on any atom is -0.228 e. The number of nitrogens with zero attached hydrogens (tertiary/aromatic N) is 2. The van der Waals surface area contributed by atoms with Gasteiger partial charge in [0.1, 0.15) is 5.17 Å². The van der Waals surface area contributed by atoms with Crippen LogP contribution in [0.1, 0.15) is 30.4 Å². The van der Waals surface area contributed by atoms with Crippen LogP contribution in [0.4, 0.5) is 0 Å². The Labute approximate surface area is 239 Å². The van der Waals surface area contributed by atoms with E-state index in [0.717, 1.165) is 36.1 Å². The number of allylic oxidation sites excluding steroid dienone is 1. The van der Waals surface area contributed by atoms with Crippen molar-refractivity contribution in [2.75, 3.05) is 0 Å². The predicted molar refractivity (Wildman–Crippen MR) is 172 cm³/mol. The van der Waals surface area contributed by atoms with E-state index in [4.69, 9.17) is 21.6 Å². The molecule has 6 aromatic carbocycles. The Kier molecular flexibility index (Phi) is 6.47. The van der Waals surface area contributed by atoms with E-state index in [1.54, 1.807) is 0 Å². The van der Waals surface area contributed by atoms with Gasteiger partial charge in [0.05, 0.1) is 5.70 Å². The monoisotopic (exact) mass is 534 g/mol. The lowest BCUT2D eigenvalue weighted by atomic mass is 9.91. The van der Waals surface area contributed by atoms with Gasteiger partial charge < -0.3 is 0 Å². The zero-order valence-electron chi connectivity index (χ0n) is 22.0. The topological polar surface area (TPSA) is 24.7 Å². The van der Waals surface area contributed by atoms with Gasteiger partial charge in [-0.2, -0.15) is 0 Å². The lowest BCUT2D eigenvalue weighted by Crippen LogP contribution is -2.01. The summed E-state index contributed by atoms with van der Waals surface area (Å²) in [6.45, 7) is 0.